The fourth-order valence-electron chi connectivity index (χ4n) is 3.86. The van der Waals surface area contributed by atoms with Gasteiger partial charge in [0.1, 0.15) is 18.3 Å². The van der Waals surface area contributed by atoms with Crippen molar-refractivity contribution in [2.75, 3.05) is 25.5 Å². The van der Waals surface area contributed by atoms with Gasteiger partial charge in [-0.05, 0) is 54.8 Å². The number of carboxylic acid groups (broad SMARTS) is 1. The Morgan fingerprint density at radius 3 is 2.65 bits per heavy atom. The molecule has 196 valence electrons. The number of halogens is 1. The van der Waals surface area contributed by atoms with Crippen molar-refractivity contribution in [2.45, 2.75) is 25.8 Å². The molecule has 1 aliphatic heterocycles. The highest BCUT2D eigenvalue weighted by Crippen LogP contribution is 2.26. The molecule has 0 radical (unpaired) electrons. The number of anilines is 1. The van der Waals surface area contributed by atoms with Gasteiger partial charge in [-0.15, -0.1) is 0 Å². The third kappa shape index (κ3) is 6.98. The van der Waals surface area contributed by atoms with E-state index >= 15 is 0 Å². The number of nitrogens with one attached hydrogen (secondary N) is 3. The number of carbonyl (C=O) groups is 5. The number of hydrogen-bond donors (Lipinski definition) is 4. The molecule has 1 saturated heterocycles. The van der Waals surface area contributed by atoms with Crippen LogP contribution in [0.3, 0.4) is 0 Å². The van der Waals surface area contributed by atoms with Crippen LogP contribution < -0.4 is 20.7 Å². The lowest BCUT2D eigenvalue weighted by atomic mass is 9.97. The van der Waals surface area contributed by atoms with Crippen molar-refractivity contribution in [1.82, 2.24) is 15.5 Å². The molecule has 1 unspecified atom stereocenters. The number of hydrogen-bond acceptors (Lipinski definition) is 6. The van der Waals surface area contributed by atoms with E-state index in [4.69, 9.17) is 21.4 Å². The van der Waals surface area contributed by atoms with E-state index in [1.165, 1.54) is 31.4 Å². The highest BCUT2D eigenvalue weighted by molar-refractivity contribution is 6.30. The van der Waals surface area contributed by atoms with Crippen molar-refractivity contribution in [3.8, 4) is 5.75 Å². The maximum Gasteiger partial charge on any atom is 0.335 e. The van der Waals surface area contributed by atoms with Crippen molar-refractivity contribution in [3.63, 3.8) is 0 Å². The molecule has 1 fully saturated rings. The lowest BCUT2D eigenvalue weighted by Crippen LogP contribution is -2.53. The average molecular weight is 531 g/mol. The Kier molecular flexibility index (Phi) is 9.07. The SMILES string of the molecule is CC[C@@H](NC(=O)N1CC(=O)NCC(Cc2cc(Cl)ccc2OC)C1=O)C(=O)Nc1cccc(C(=O)O)c1. The summed E-state index contributed by atoms with van der Waals surface area (Å²) in [4.78, 5) is 63.4. The summed E-state index contributed by atoms with van der Waals surface area (Å²) in [7, 11) is 1.48. The summed E-state index contributed by atoms with van der Waals surface area (Å²) in [6.45, 7) is 1.16. The molecule has 0 bridgehead atoms. The summed E-state index contributed by atoms with van der Waals surface area (Å²) in [5.74, 6) is -3.14. The number of amides is 5. The molecule has 1 heterocycles. The van der Waals surface area contributed by atoms with Crippen LogP contribution in [0.4, 0.5) is 10.5 Å². The highest BCUT2D eigenvalue weighted by Gasteiger charge is 2.35. The second-order valence-electron chi connectivity index (χ2n) is 8.37. The fourth-order valence-corrected chi connectivity index (χ4v) is 4.06. The van der Waals surface area contributed by atoms with Crippen molar-refractivity contribution < 1.29 is 33.8 Å². The summed E-state index contributed by atoms with van der Waals surface area (Å²) < 4.78 is 5.34. The topological polar surface area (TPSA) is 154 Å². The van der Waals surface area contributed by atoms with E-state index in [0.717, 1.165) is 4.90 Å². The number of rotatable bonds is 8. The maximum absolute atomic E-state index is 13.3. The van der Waals surface area contributed by atoms with Crippen molar-refractivity contribution >= 4 is 47.0 Å². The molecule has 0 spiro atoms. The Balaban J connectivity index is 1.74. The number of nitrogens with zero attached hydrogens (tertiary/aromatic N) is 1. The largest absolute Gasteiger partial charge is 0.496 e. The van der Waals surface area contributed by atoms with E-state index in [-0.39, 0.29) is 30.6 Å². The lowest BCUT2D eigenvalue weighted by molar-refractivity contribution is -0.133. The van der Waals surface area contributed by atoms with Gasteiger partial charge >= 0.3 is 12.0 Å². The van der Waals surface area contributed by atoms with Crippen molar-refractivity contribution in [3.05, 3.63) is 58.6 Å². The number of aromatic carboxylic acids is 1. The average Bonchev–Trinajstić information content (AvgIpc) is 3.01. The van der Waals surface area contributed by atoms with E-state index in [1.54, 1.807) is 25.1 Å². The van der Waals surface area contributed by atoms with Crippen LogP contribution in [0, 0.1) is 5.92 Å². The van der Waals surface area contributed by atoms with Gasteiger partial charge in [0.05, 0.1) is 18.6 Å². The molecule has 12 heteroatoms. The van der Waals surface area contributed by atoms with E-state index in [1.807, 2.05) is 0 Å². The van der Waals surface area contributed by atoms with Crippen LogP contribution in [0.1, 0.15) is 29.3 Å². The number of methoxy groups -OCH3 is 1. The first-order valence-corrected chi connectivity index (χ1v) is 11.9. The van der Waals surface area contributed by atoms with E-state index < -0.39 is 48.2 Å². The zero-order valence-corrected chi connectivity index (χ0v) is 21.0. The number of carbonyl (C=O) groups excluding carboxylic acids is 4. The van der Waals surface area contributed by atoms with Gasteiger partial charge in [0.2, 0.25) is 17.7 Å². The molecule has 2 atom stereocenters. The second kappa shape index (κ2) is 12.2. The number of benzene rings is 2. The minimum atomic E-state index is -1.15. The first kappa shape index (κ1) is 27.5. The van der Waals surface area contributed by atoms with Gasteiger partial charge in [-0.2, -0.15) is 0 Å². The van der Waals surface area contributed by atoms with Gasteiger partial charge < -0.3 is 25.8 Å². The quantitative estimate of drug-likeness (QED) is 0.408. The third-order valence-electron chi connectivity index (χ3n) is 5.82. The van der Waals surface area contributed by atoms with Crippen LogP contribution in [0.15, 0.2) is 42.5 Å². The van der Waals surface area contributed by atoms with Gasteiger partial charge in [-0.1, -0.05) is 24.6 Å². The minimum absolute atomic E-state index is 0.00866. The molecule has 3 rings (SSSR count). The molecule has 0 aliphatic carbocycles. The standard InChI is InChI=1S/C25H27ClN4O7/c1-3-19(22(32)28-18-6-4-5-14(11-18)24(34)35)29-25(36)30-13-21(31)27-12-16(23(30)33)9-15-10-17(26)7-8-20(15)37-2/h4-8,10-11,16,19H,3,9,12-13H2,1-2H3,(H,27,31)(H,28,32)(H,29,36)(H,34,35)/t16?,19-/m1/s1. The summed E-state index contributed by atoms with van der Waals surface area (Å²) in [5, 5.41) is 17.3. The van der Waals surface area contributed by atoms with Crippen LogP contribution in [-0.4, -0.2) is 66.0 Å². The van der Waals surface area contributed by atoms with Gasteiger partial charge in [0.25, 0.3) is 0 Å². The summed E-state index contributed by atoms with van der Waals surface area (Å²) in [6.07, 6.45) is 0.331. The molecule has 2 aromatic rings. The van der Waals surface area contributed by atoms with E-state index in [9.17, 15) is 24.0 Å². The van der Waals surface area contributed by atoms with E-state index in [2.05, 4.69) is 16.0 Å². The van der Waals surface area contributed by atoms with Crippen LogP contribution in [0.25, 0.3) is 0 Å². The minimum Gasteiger partial charge on any atom is -0.496 e. The molecule has 0 saturated carbocycles. The monoisotopic (exact) mass is 530 g/mol. The van der Waals surface area contributed by atoms with Crippen molar-refractivity contribution in [1.29, 1.82) is 0 Å². The predicted octanol–water partition coefficient (Wildman–Crippen LogP) is 2.29. The van der Waals surface area contributed by atoms with Gasteiger partial charge in [-0.25, -0.2) is 9.59 Å². The molecule has 5 amide bonds. The Morgan fingerprint density at radius 2 is 1.97 bits per heavy atom. The molecule has 1 aliphatic rings. The zero-order valence-electron chi connectivity index (χ0n) is 20.2. The van der Waals surface area contributed by atoms with Gasteiger partial charge in [0.15, 0.2) is 0 Å². The lowest BCUT2D eigenvalue weighted by Gasteiger charge is -2.25. The third-order valence-corrected chi connectivity index (χ3v) is 6.05. The molecule has 0 aromatic heterocycles. The second-order valence-corrected chi connectivity index (χ2v) is 8.81. The number of imide groups is 1. The Labute approximate surface area is 218 Å². The highest BCUT2D eigenvalue weighted by atomic mass is 35.5. The summed E-state index contributed by atoms with van der Waals surface area (Å²) in [5.41, 5.74) is 0.857. The smallest absolute Gasteiger partial charge is 0.335 e. The summed E-state index contributed by atoms with van der Waals surface area (Å²) >= 11 is 6.10. The first-order valence-electron chi connectivity index (χ1n) is 11.5. The van der Waals surface area contributed by atoms with Crippen LogP contribution in [-0.2, 0) is 20.8 Å². The molecule has 37 heavy (non-hydrogen) atoms. The van der Waals surface area contributed by atoms with Gasteiger partial charge in [0, 0.05) is 17.3 Å². The van der Waals surface area contributed by atoms with Crippen LogP contribution >= 0.6 is 11.6 Å². The Morgan fingerprint density at radius 1 is 1.22 bits per heavy atom. The molecular weight excluding hydrogens is 504 g/mol. The van der Waals surface area contributed by atoms with Crippen molar-refractivity contribution in [2.24, 2.45) is 5.92 Å². The fraction of sp³-hybridized carbons (Fsp3) is 0.320. The number of urea groups is 1. The predicted molar refractivity (Wildman–Crippen MR) is 135 cm³/mol. The Hall–Kier alpha value is -4.12. The number of ether oxygens (including phenoxy) is 1. The molecule has 4 N–H and O–H groups in total. The maximum atomic E-state index is 13.3. The number of carboxylic acids is 1. The zero-order chi connectivity index (χ0) is 27.1. The molecule has 11 nitrogen and oxygen atoms in total. The van der Waals surface area contributed by atoms with Crippen LogP contribution in [0.5, 0.6) is 5.75 Å². The van der Waals surface area contributed by atoms with Crippen LogP contribution in [0.2, 0.25) is 5.02 Å². The molecule has 2 aromatic carbocycles. The molecular formula is C25H27ClN4O7. The van der Waals surface area contributed by atoms with E-state index in [0.29, 0.717) is 16.3 Å². The first-order chi connectivity index (χ1) is 17.6. The normalized spacial score (nSPS) is 16.3. The van der Waals surface area contributed by atoms with Gasteiger partial charge in [-0.3, -0.25) is 19.3 Å². The summed E-state index contributed by atoms with van der Waals surface area (Å²) in [6, 6.07) is 8.67. The Bertz CT molecular complexity index is 1220.